The van der Waals surface area contributed by atoms with Gasteiger partial charge in [0.25, 0.3) is 0 Å². The smallest absolute Gasteiger partial charge is 0.223 e. The van der Waals surface area contributed by atoms with Crippen molar-refractivity contribution in [2.75, 3.05) is 0 Å². The molecule has 84 valence electrons. The van der Waals surface area contributed by atoms with Crippen molar-refractivity contribution in [3.05, 3.63) is 0 Å². The highest BCUT2D eigenvalue weighted by molar-refractivity contribution is 5.82. The molecule has 3 fully saturated rings. The van der Waals surface area contributed by atoms with E-state index >= 15 is 0 Å². The molecule has 1 amide bonds. The fourth-order valence-corrected chi connectivity index (χ4v) is 3.75. The highest BCUT2D eigenvalue weighted by atomic mass is 16.2. The van der Waals surface area contributed by atoms with Crippen molar-refractivity contribution in [1.82, 2.24) is 5.32 Å². The highest BCUT2D eigenvalue weighted by Crippen LogP contribution is 2.57. The Bertz CT molecular complexity index is 247. The predicted molar refractivity (Wildman–Crippen MR) is 59.3 cm³/mol. The molecule has 2 nitrogen and oxygen atoms in total. The van der Waals surface area contributed by atoms with Crippen LogP contribution in [0.3, 0.4) is 0 Å². The molecule has 2 unspecified atom stereocenters. The summed E-state index contributed by atoms with van der Waals surface area (Å²) in [5.41, 5.74) is 0. The van der Waals surface area contributed by atoms with Crippen LogP contribution in [0.1, 0.15) is 51.4 Å². The van der Waals surface area contributed by atoms with Crippen molar-refractivity contribution >= 4 is 5.91 Å². The normalized spacial score (nSPS) is 39.9. The van der Waals surface area contributed by atoms with Crippen molar-refractivity contribution in [3.8, 4) is 0 Å². The minimum atomic E-state index is 0.386. The molecule has 0 aliphatic heterocycles. The third-order valence-electron chi connectivity index (χ3n) is 4.66. The average molecular weight is 207 g/mol. The van der Waals surface area contributed by atoms with E-state index in [2.05, 4.69) is 5.32 Å². The number of rotatable bonds is 2. The Kier molecular flexibility index (Phi) is 2.45. The van der Waals surface area contributed by atoms with Gasteiger partial charge >= 0.3 is 0 Å². The third-order valence-corrected chi connectivity index (χ3v) is 4.66. The molecule has 3 aliphatic carbocycles. The van der Waals surface area contributed by atoms with E-state index in [1.54, 1.807) is 0 Å². The maximum absolute atomic E-state index is 12.0. The first-order valence-corrected chi connectivity index (χ1v) is 6.66. The van der Waals surface area contributed by atoms with Gasteiger partial charge in [-0.05, 0) is 37.5 Å². The molecule has 3 aliphatic rings. The number of hydrogen-bond donors (Lipinski definition) is 1. The molecule has 0 heterocycles. The lowest BCUT2D eigenvalue weighted by Crippen LogP contribution is -2.37. The Morgan fingerprint density at radius 1 is 0.867 bits per heavy atom. The maximum Gasteiger partial charge on any atom is 0.223 e. The summed E-state index contributed by atoms with van der Waals surface area (Å²) >= 11 is 0. The van der Waals surface area contributed by atoms with Crippen molar-refractivity contribution in [1.29, 1.82) is 0 Å². The van der Waals surface area contributed by atoms with E-state index in [-0.39, 0.29) is 0 Å². The summed E-state index contributed by atoms with van der Waals surface area (Å²) in [7, 11) is 0. The number of hydrogen-bond acceptors (Lipinski definition) is 1. The van der Waals surface area contributed by atoms with Gasteiger partial charge in [0.1, 0.15) is 0 Å². The number of amides is 1. The lowest BCUT2D eigenvalue weighted by molar-refractivity contribution is -0.124. The molecule has 1 N–H and O–H groups in total. The monoisotopic (exact) mass is 207 g/mol. The highest BCUT2D eigenvalue weighted by Gasteiger charge is 2.56. The first-order valence-electron chi connectivity index (χ1n) is 6.66. The zero-order valence-electron chi connectivity index (χ0n) is 9.37. The largest absolute Gasteiger partial charge is 0.353 e. The third kappa shape index (κ3) is 1.79. The second-order valence-electron chi connectivity index (χ2n) is 5.63. The molecule has 0 spiro atoms. The van der Waals surface area contributed by atoms with E-state index < -0.39 is 0 Å². The molecule has 2 heteroatoms. The van der Waals surface area contributed by atoms with Crippen molar-refractivity contribution in [2.45, 2.75) is 57.4 Å². The van der Waals surface area contributed by atoms with Crippen LogP contribution in [0.5, 0.6) is 0 Å². The fraction of sp³-hybridized carbons (Fsp3) is 0.923. The van der Waals surface area contributed by atoms with Crippen LogP contribution in [0.4, 0.5) is 0 Å². The van der Waals surface area contributed by atoms with Crippen LogP contribution in [0, 0.1) is 17.8 Å². The first kappa shape index (κ1) is 9.68. The van der Waals surface area contributed by atoms with Crippen LogP contribution in [-0.4, -0.2) is 11.9 Å². The number of fused-ring (bicyclic) bond motifs is 1. The van der Waals surface area contributed by atoms with Crippen molar-refractivity contribution < 1.29 is 4.79 Å². The summed E-state index contributed by atoms with van der Waals surface area (Å²) in [4.78, 5) is 12.0. The molecule has 15 heavy (non-hydrogen) atoms. The Balaban J connectivity index is 1.49. The Morgan fingerprint density at radius 2 is 1.53 bits per heavy atom. The Labute approximate surface area is 91.8 Å². The van der Waals surface area contributed by atoms with Gasteiger partial charge in [0.15, 0.2) is 0 Å². The fourth-order valence-electron chi connectivity index (χ4n) is 3.75. The van der Waals surface area contributed by atoms with E-state index in [4.69, 9.17) is 0 Å². The van der Waals surface area contributed by atoms with E-state index in [0.29, 0.717) is 17.9 Å². The predicted octanol–water partition coefficient (Wildman–Crippen LogP) is 2.48. The topological polar surface area (TPSA) is 29.1 Å². The lowest BCUT2D eigenvalue weighted by Gasteiger charge is -2.23. The van der Waals surface area contributed by atoms with Crippen LogP contribution in [0.15, 0.2) is 0 Å². The summed E-state index contributed by atoms with van der Waals surface area (Å²) in [6.45, 7) is 0. The van der Waals surface area contributed by atoms with Crippen LogP contribution in [0.2, 0.25) is 0 Å². The lowest BCUT2D eigenvalue weighted by atomic mass is 9.95. The molecular formula is C13H21NO. The average Bonchev–Trinajstić information content (AvgIpc) is 2.75. The molecule has 0 bridgehead atoms. The minimum Gasteiger partial charge on any atom is -0.353 e. The molecule has 2 atom stereocenters. The Hall–Kier alpha value is -0.530. The summed E-state index contributed by atoms with van der Waals surface area (Å²) in [6, 6.07) is 0.507. The van der Waals surface area contributed by atoms with Crippen molar-refractivity contribution in [3.63, 3.8) is 0 Å². The van der Waals surface area contributed by atoms with E-state index in [1.807, 2.05) is 0 Å². The Morgan fingerprint density at radius 3 is 2.20 bits per heavy atom. The SMILES string of the molecule is O=C(NC1CCCCC1)C1C2CCCC21. The van der Waals surface area contributed by atoms with Crippen molar-refractivity contribution in [2.24, 2.45) is 17.8 Å². The summed E-state index contributed by atoms with van der Waals surface area (Å²) in [5.74, 6) is 2.35. The quantitative estimate of drug-likeness (QED) is 0.740. The zero-order chi connectivity index (χ0) is 10.3. The van der Waals surface area contributed by atoms with Gasteiger partial charge in [-0.3, -0.25) is 4.79 Å². The molecular weight excluding hydrogens is 186 g/mol. The first-order chi connectivity index (χ1) is 7.36. The number of carbonyl (C=O) groups is 1. The van der Waals surface area contributed by atoms with Crippen LogP contribution >= 0.6 is 0 Å². The molecule has 0 aromatic rings. The van der Waals surface area contributed by atoms with Gasteiger partial charge < -0.3 is 5.32 Å². The maximum atomic E-state index is 12.0. The molecule has 0 aromatic carbocycles. The van der Waals surface area contributed by atoms with Gasteiger partial charge in [-0.25, -0.2) is 0 Å². The van der Waals surface area contributed by atoms with Crippen LogP contribution in [0.25, 0.3) is 0 Å². The van der Waals surface area contributed by atoms with Gasteiger partial charge in [0.2, 0.25) is 5.91 Å². The zero-order valence-corrected chi connectivity index (χ0v) is 9.37. The molecule has 0 aromatic heterocycles. The molecule has 0 radical (unpaired) electrons. The molecule has 3 rings (SSSR count). The van der Waals surface area contributed by atoms with E-state index in [9.17, 15) is 4.79 Å². The standard InChI is InChI=1S/C13H21NO/c15-13(12-10-7-4-8-11(10)12)14-9-5-2-1-3-6-9/h9-12H,1-8H2,(H,14,15). The van der Waals surface area contributed by atoms with Gasteiger partial charge in [0, 0.05) is 12.0 Å². The second kappa shape index (κ2) is 3.80. The molecule has 3 saturated carbocycles. The van der Waals surface area contributed by atoms with E-state index in [1.165, 1.54) is 51.4 Å². The van der Waals surface area contributed by atoms with Gasteiger partial charge in [-0.15, -0.1) is 0 Å². The number of carbonyl (C=O) groups excluding carboxylic acids is 1. The van der Waals surface area contributed by atoms with Gasteiger partial charge in [0.05, 0.1) is 0 Å². The second-order valence-corrected chi connectivity index (χ2v) is 5.63. The van der Waals surface area contributed by atoms with E-state index in [0.717, 1.165) is 11.8 Å². The number of nitrogens with one attached hydrogen (secondary N) is 1. The summed E-state index contributed by atoms with van der Waals surface area (Å²) in [6.07, 6.45) is 10.4. The van der Waals surface area contributed by atoms with Gasteiger partial charge in [-0.2, -0.15) is 0 Å². The van der Waals surface area contributed by atoms with Crippen LogP contribution < -0.4 is 5.32 Å². The minimum absolute atomic E-state index is 0.386. The summed E-state index contributed by atoms with van der Waals surface area (Å²) < 4.78 is 0. The summed E-state index contributed by atoms with van der Waals surface area (Å²) in [5, 5.41) is 3.27. The van der Waals surface area contributed by atoms with Gasteiger partial charge in [-0.1, -0.05) is 25.7 Å². The van der Waals surface area contributed by atoms with Crippen LogP contribution in [-0.2, 0) is 4.79 Å². The molecule has 0 saturated heterocycles.